The molecule has 12 heteroatoms. The van der Waals surface area contributed by atoms with E-state index in [2.05, 4.69) is 20.7 Å². The Hall–Kier alpha value is -3.25. The third-order valence-electron chi connectivity index (χ3n) is 5.10. The van der Waals surface area contributed by atoms with E-state index in [1.54, 1.807) is 0 Å². The minimum Gasteiger partial charge on any atom is -0.505 e. The maximum Gasteiger partial charge on any atom is 0.416 e. The molecule has 0 amide bonds. The molecule has 4 bridgehead atoms. The lowest BCUT2D eigenvalue weighted by molar-refractivity contribution is -0.137. The van der Waals surface area contributed by atoms with Crippen LogP contribution >= 0.6 is 15.9 Å². The van der Waals surface area contributed by atoms with Crippen molar-refractivity contribution >= 4 is 37.6 Å². The molecule has 0 fully saturated rings. The Bertz CT molecular complexity index is 1420. The fourth-order valence-corrected chi connectivity index (χ4v) is 5.25. The lowest BCUT2D eigenvalue weighted by atomic mass is 9.97. The number of ether oxygens (including phenoxy) is 2. The molecule has 3 aromatic carbocycles. The van der Waals surface area contributed by atoms with Crippen LogP contribution in [0.1, 0.15) is 21.5 Å². The zero-order valence-corrected chi connectivity index (χ0v) is 19.6. The number of fused-ring (bicyclic) bond motifs is 6. The number of halogens is 4. The quantitative estimate of drug-likeness (QED) is 0.392. The van der Waals surface area contributed by atoms with Crippen molar-refractivity contribution in [2.75, 3.05) is 11.8 Å². The summed E-state index contributed by atoms with van der Waals surface area (Å²) in [5.41, 5.74) is -0.515. The highest BCUT2D eigenvalue weighted by molar-refractivity contribution is 9.10. The van der Waals surface area contributed by atoms with Crippen LogP contribution in [0.2, 0.25) is 0 Å². The molecule has 1 aliphatic rings. The zero-order valence-electron chi connectivity index (χ0n) is 17.2. The number of aromatic hydroxyl groups is 1. The van der Waals surface area contributed by atoms with Gasteiger partial charge in [-0.1, -0.05) is 12.1 Å². The summed E-state index contributed by atoms with van der Waals surface area (Å²) in [6.45, 7) is -0.520. The summed E-state index contributed by atoms with van der Waals surface area (Å²) >= 11 is 3.01. The Labute approximate surface area is 200 Å². The van der Waals surface area contributed by atoms with Gasteiger partial charge in [0.25, 0.3) is 10.0 Å². The number of carbonyl (C=O) groups excluding carboxylic acids is 1. The van der Waals surface area contributed by atoms with Crippen LogP contribution in [0.3, 0.4) is 0 Å². The number of hydrogen-bond donors (Lipinski definition) is 2. The number of methoxy groups -OCH3 is 1. The van der Waals surface area contributed by atoms with Gasteiger partial charge in [-0.25, -0.2) is 13.2 Å². The monoisotopic (exact) mass is 557 g/mol. The molecule has 7 nitrogen and oxygen atoms in total. The number of anilines is 1. The van der Waals surface area contributed by atoms with Gasteiger partial charge in [0, 0.05) is 0 Å². The highest BCUT2D eigenvalue weighted by atomic mass is 79.9. The number of esters is 1. The molecule has 0 saturated carbocycles. The van der Waals surface area contributed by atoms with Gasteiger partial charge in [0.1, 0.15) is 23.0 Å². The predicted octanol–water partition coefficient (Wildman–Crippen LogP) is 5.32. The van der Waals surface area contributed by atoms with Crippen LogP contribution in [0.4, 0.5) is 18.9 Å². The van der Waals surface area contributed by atoms with Gasteiger partial charge in [-0.2, -0.15) is 13.2 Å². The molecule has 0 atom stereocenters. The van der Waals surface area contributed by atoms with E-state index in [1.165, 1.54) is 31.4 Å². The fraction of sp³-hybridized carbons (Fsp3) is 0.136. The van der Waals surface area contributed by atoms with E-state index in [1.807, 2.05) is 0 Å². The van der Waals surface area contributed by atoms with E-state index in [0.29, 0.717) is 11.1 Å². The fourth-order valence-electron chi connectivity index (χ4n) is 3.45. The first-order valence-electron chi connectivity index (χ1n) is 9.51. The number of nitrogens with one attached hydrogen (secondary N) is 1. The maximum atomic E-state index is 13.3. The van der Waals surface area contributed by atoms with Crippen LogP contribution in [0.25, 0.3) is 11.1 Å². The molecule has 2 N–H and O–H groups in total. The lowest BCUT2D eigenvalue weighted by Gasteiger charge is -2.16. The Morgan fingerprint density at radius 3 is 2.50 bits per heavy atom. The van der Waals surface area contributed by atoms with Gasteiger partial charge in [-0.05, 0) is 69.0 Å². The molecule has 4 rings (SSSR count). The number of cyclic esters (lactones) is 1. The first kappa shape index (κ1) is 23.9. The minimum absolute atomic E-state index is 0.0294. The van der Waals surface area contributed by atoms with Gasteiger partial charge in [0.15, 0.2) is 0 Å². The van der Waals surface area contributed by atoms with E-state index in [4.69, 9.17) is 9.47 Å². The average molecular weight is 558 g/mol. The second kappa shape index (κ2) is 8.51. The summed E-state index contributed by atoms with van der Waals surface area (Å²) in [7, 11) is -3.13. The number of hydrogen-bond acceptors (Lipinski definition) is 6. The first-order chi connectivity index (χ1) is 15.9. The molecular weight excluding hydrogens is 543 g/mol. The summed E-state index contributed by atoms with van der Waals surface area (Å²) in [6, 6.07) is 9.35. The van der Waals surface area contributed by atoms with E-state index in [-0.39, 0.29) is 27.0 Å². The van der Waals surface area contributed by atoms with Crippen molar-refractivity contribution in [3.63, 3.8) is 0 Å². The second-order valence-corrected chi connectivity index (χ2v) is 9.78. The van der Waals surface area contributed by atoms with E-state index >= 15 is 0 Å². The number of carbonyl (C=O) groups is 1. The molecule has 0 saturated heterocycles. The van der Waals surface area contributed by atoms with Crippen LogP contribution < -0.4 is 9.46 Å². The van der Waals surface area contributed by atoms with Gasteiger partial charge < -0.3 is 14.6 Å². The zero-order chi connectivity index (χ0) is 24.8. The highest BCUT2D eigenvalue weighted by Crippen LogP contribution is 2.39. The van der Waals surface area contributed by atoms with Crippen LogP contribution in [0, 0.1) is 0 Å². The molecule has 0 spiro atoms. The van der Waals surface area contributed by atoms with Crippen LogP contribution in [0.15, 0.2) is 57.9 Å². The van der Waals surface area contributed by atoms with Crippen molar-refractivity contribution < 1.29 is 41.0 Å². The number of benzene rings is 3. The molecule has 1 heterocycles. The molecule has 178 valence electrons. The Balaban J connectivity index is 1.99. The number of phenols is 1. The van der Waals surface area contributed by atoms with Crippen molar-refractivity contribution in [1.29, 1.82) is 0 Å². The molecular formula is C22H15BrF3NO6S. The molecule has 3 aromatic rings. The largest absolute Gasteiger partial charge is 0.505 e. The van der Waals surface area contributed by atoms with Crippen molar-refractivity contribution in [2.24, 2.45) is 0 Å². The lowest BCUT2D eigenvalue weighted by Crippen LogP contribution is -2.15. The van der Waals surface area contributed by atoms with E-state index in [9.17, 15) is 31.5 Å². The molecule has 0 unspecified atom stereocenters. The first-order valence-corrected chi connectivity index (χ1v) is 11.8. The van der Waals surface area contributed by atoms with Crippen LogP contribution in [0.5, 0.6) is 11.5 Å². The highest BCUT2D eigenvalue weighted by Gasteiger charge is 2.32. The molecule has 0 radical (unpaired) electrons. The Morgan fingerprint density at radius 2 is 1.82 bits per heavy atom. The van der Waals surface area contributed by atoms with Gasteiger partial charge in [-0.15, -0.1) is 0 Å². The van der Waals surface area contributed by atoms with Crippen LogP contribution in [-0.4, -0.2) is 26.6 Å². The number of sulfonamides is 1. The molecule has 34 heavy (non-hydrogen) atoms. The van der Waals surface area contributed by atoms with E-state index in [0.717, 1.165) is 24.3 Å². The summed E-state index contributed by atoms with van der Waals surface area (Å²) in [5.74, 6) is -1.52. The summed E-state index contributed by atoms with van der Waals surface area (Å²) in [5, 5.41) is 10.3. The summed E-state index contributed by atoms with van der Waals surface area (Å²) in [6.07, 6.45) is -4.63. The smallest absolute Gasteiger partial charge is 0.416 e. The van der Waals surface area contributed by atoms with Crippen molar-refractivity contribution in [2.45, 2.75) is 17.7 Å². The van der Waals surface area contributed by atoms with Crippen molar-refractivity contribution in [1.82, 2.24) is 0 Å². The Kier molecular flexibility index (Phi) is 5.98. The minimum atomic E-state index is -4.63. The molecule has 1 aliphatic heterocycles. The number of phenolic OH excluding ortho intramolecular Hbond substituents is 1. The van der Waals surface area contributed by atoms with Gasteiger partial charge >= 0.3 is 12.1 Å². The average Bonchev–Trinajstić information content (AvgIpc) is 2.77. The SMILES string of the molecule is COc1ccc2cc1NS(=O)(=O)c1cc(cc(Br)c1O)C(=O)OCc1cc(C(F)(F)F)ccc1-2. The van der Waals surface area contributed by atoms with E-state index < -0.39 is 45.0 Å². The molecule has 0 aromatic heterocycles. The molecule has 0 aliphatic carbocycles. The summed E-state index contributed by atoms with van der Waals surface area (Å²) < 4.78 is 78.8. The van der Waals surface area contributed by atoms with Crippen LogP contribution in [-0.2, 0) is 27.5 Å². The standard InChI is InChI=1S/C22H15BrF3NO6S/c1-32-18-5-2-11-8-17(18)27-34(30,31)19-9-12(7-16(23)20(19)28)21(29)33-10-13-6-14(22(24,25)26)3-4-15(11)13/h2-9,27-28H,10H2,1H3. The topological polar surface area (TPSA) is 102 Å². The summed E-state index contributed by atoms with van der Waals surface area (Å²) in [4.78, 5) is 12.0. The van der Waals surface area contributed by atoms with Gasteiger partial charge in [0.05, 0.1) is 28.4 Å². The Morgan fingerprint density at radius 1 is 1.09 bits per heavy atom. The van der Waals surface area contributed by atoms with Crippen molar-refractivity contribution in [3.8, 4) is 22.6 Å². The predicted molar refractivity (Wildman–Crippen MR) is 119 cm³/mol. The maximum absolute atomic E-state index is 13.3. The normalized spacial score (nSPS) is 15.0. The van der Waals surface area contributed by atoms with Gasteiger partial charge in [0.2, 0.25) is 0 Å². The third kappa shape index (κ3) is 4.42. The van der Waals surface area contributed by atoms with Crippen molar-refractivity contribution in [3.05, 3.63) is 69.7 Å². The number of rotatable bonds is 1. The van der Waals surface area contributed by atoms with Gasteiger partial charge in [-0.3, -0.25) is 4.72 Å². The second-order valence-electron chi connectivity index (χ2n) is 7.27. The number of alkyl halides is 3. The third-order valence-corrected chi connectivity index (χ3v) is 7.08.